The van der Waals surface area contributed by atoms with Gasteiger partial charge in [0.25, 0.3) is 5.91 Å². The lowest BCUT2D eigenvalue weighted by molar-refractivity contribution is -0.103. The van der Waals surface area contributed by atoms with Gasteiger partial charge in [0.05, 0.1) is 18.7 Å². The summed E-state index contributed by atoms with van der Waals surface area (Å²) in [5.74, 6) is -1.12. The molecule has 0 bridgehead atoms. The van der Waals surface area contributed by atoms with E-state index in [-0.39, 0.29) is 10.8 Å². The van der Waals surface area contributed by atoms with Crippen molar-refractivity contribution in [3.63, 3.8) is 0 Å². The predicted octanol–water partition coefficient (Wildman–Crippen LogP) is 2.76. The fraction of sp³-hybridized carbons (Fsp3) is 0.333. The molecular weight excluding hydrogens is 326 g/mol. The van der Waals surface area contributed by atoms with Crippen molar-refractivity contribution in [3.8, 4) is 0 Å². The van der Waals surface area contributed by atoms with Gasteiger partial charge in [0.1, 0.15) is 10.5 Å². The Balaban J connectivity index is 1.59. The number of nitrogens with zero attached hydrogens (tertiary/aromatic N) is 1. The number of aryl methyl sites for hydroxylation is 1. The number of hydrogen-bond acceptors (Lipinski definition) is 4. The minimum atomic E-state index is -0.998. The first kappa shape index (κ1) is 15.4. The lowest BCUT2D eigenvalue weighted by Crippen LogP contribution is -2.51. The third-order valence-electron chi connectivity index (χ3n) is 4.84. The number of ether oxygens (including phenoxy) is 1. The lowest BCUT2D eigenvalue weighted by Gasteiger charge is -2.41. The Hall–Kier alpha value is -2.18. The maximum atomic E-state index is 12.8. The second-order valence-electron chi connectivity index (χ2n) is 6.23. The molecule has 1 aromatic carbocycles. The summed E-state index contributed by atoms with van der Waals surface area (Å²) in [4.78, 5) is 25.8. The summed E-state index contributed by atoms with van der Waals surface area (Å²) >= 11 is 1.08. The number of morpholine rings is 1. The molecule has 2 aliphatic rings. The number of carbonyl (C=O) groups is 2. The number of rotatable bonds is 2. The molecule has 1 aromatic heterocycles. The molecule has 1 spiro atoms. The number of benzene rings is 1. The molecular formula is C18H17NO4S. The van der Waals surface area contributed by atoms with Crippen molar-refractivity contribution in [2.75, 3.05) is 19.7 Å². The second-order valence-corrected chi connectivity index (χ2v) is 7.14. The average Bonchev–Trinajstić information content (AvgIpc) is 3.21. The molecule has 1 unspecified atom stereocenters. The van der Waals surface area contributed by atoms with Crippen molar-refractivity contribution in [3.05, 3.63) is 57.3 Å². The van der Waals surface area contributed by atoms with Gasteiger partial charge in [-0.2, -0.15) is 0 Å². The van der Waals surface area contributed by atoms with Gasteiger partial charge >= 0.3 is 5.97 Å². The number of aromatic carboxylic acids is 1. The zero-order chi connectivity index (χ0) is 16.7. The number of fused-ring (bicyclic) bond motifs is 2. The largest absolute Gasteiger partial charge is 0.477 e. The topological polar surface area (TPSA) is 66.8 Å². The fourth-order valence-corrected chi connectivity index (χ4v) is 4.39. The molecule has 2 heterocycles. The first-order chi connectivity index (χ1) is 11.6. The van der Waals surface area contributed by atoms with Crippen LogP contribution in [0.25, 0.3) is 0 Å². The SMILES string of the molecule is O=C(O)c1cc(C(=O)N2CCOC3(CCc4ccccc43)C2)cs1. The van der Waals surface area contributed by atoms with Crippen LogP contribution in [-0.2, 0) is 16.8 Å². The zero-order valence-corrected chi connectivity index (χ0v) is 13.8. The number of carboxylic acids is 1. The van der Waals surface area contributed by atoms with Gasteiger partial charge in [-0.3, -0.25) is 4.79 Å². The van der Waals surface area contributed by atoms with Crippen LogP contribution in [0.1, 0.15) is 37.6 Å². The minimum absolute atomic E-state index is 0.120. The Kier molecular flexibility index (Phi) is 3.66. The van der Waals surface area contributed by atoms with E-state index >= 15 is 0 Å². The first-order valence-electron chi connectivity index (χ1n) is 7.92. The standard InChI is InChI=1S/C18H17NO4S/c20-16(13-9-15(17(21)22)24-10-13)19-7-8-23-18(11-19)6-5-12-3-1-2-4-14(12)18/h1-4,9-10H,5-8,11H2,(H,21,22). The van der Waals surface area contributed by atoms with Crippen LogP contribution in [0, 0.1) is 0 Å². The number of amides is 1. The third kappa shape index (κ3) is 2.42. The van der Waals surface area contributed by atoms with Crippen LogP contribution in [0.5, 0.6) is 0 Å². The van der Waals surface area contributed by atoms with E-state index in [0.717, 1.165) is 24.2 Å². The average molecular weight is 343 g/mol. The van der Waals surface area contributed by atoms with E-state index < -0.39 is 11.6 Å². The smallest absolute Gasteiger partial charge is 0.345 e. The number of carbonyl (C=O) groups excluding carboxylic acids is 1. The minimum Gasteiger partial charge on any atom is -0.477 e. The van der Waals surface area contributed by atoms with Crippen LogP contribution in [0.15, 0.2) is 35.7 Å². The predicted molar refractivity (Wildman–Crippen MR) is 89.6 cm³/mol. The highest BCUT2D eigenvalue weighted by molar-refractivity contribution is 7.12. The summed E-state index contributed by atoms with van der Waals surface area (Å²) < 4.78 is 6.13. The maximum Gasteiger partial charge on any atom is 0.345 e. The fourth-order valence-electron chi connectivity index (χ4n) is 3.67. The molecule has 0 saturated carbocycles. The molecule has 1 saturated heterocycles. The highest BCUT2D eigenvalue weighted by atomic mass is 32.1. The van der Waals surface area contributed by atoms with Gasteiger partial charge < -0.3 is 14.7 Å². The molecule has 1 atom stereocenters. The van der Waals surface area contributed by atoms with Gasteiger partial charge in [0.15, 0.2) is 0 Å². The van der Waals surface area contributed by atoms with E-state index in [1.54, 1.807) is 10.3 Å². The second kappa shape index (κ2) is 5.72. The first-order valence-corrected chi connectivity index (χ1v) is 8.80. The third-order valence-corrected chi connectivity index (χ3v) is 5.75. The normalized spacial score (nSPS) is 22.6. The number of thiophene rings is 1. The van der Waals surface area contributed by atoms with E-state index in [1.807, 2.05) is 12.1 Å². The number of hydrogen-bond donors (Lipinski definition) is 1. The van der Waals surface area contributed by atoms with Gasteiger partial charge in [0, 0.05) is 11.9 Å². The van der Waals surface area contributed by atoms with Gasteiger partial charge in [-0.15, -0.1) is 11.3 Å². The van der Waals surface area contributed by atoms with Crippen LogP contribution >= 0.6 is 11.3 Å². The van der Waals surface area contributed by atoms with E-state index in [0.29, 0.717) is 25.3 Å². The zero-order valence-electron chi connectivity index (χ0n) is 13.0. The van der Waals surface area contributed by atoms with E-state index in [4.69, 9.17) is 9.84 Å². The summed E-state index contributed by atoms with van der Waals surface area (Å²) in [6.07, 6.45) is 1.83. The van der Waals surface area contributed by atoms with Gasteiger partial charge in [-0.25, -0.2) is 4.79 Å². The van der Waals surface area contributed by atoms with Crippen molar-refractivity contribution in [2.45, 2.75) is 18.4 Å². The van der Waals surface area contributed by atoms with Crippen molar-refractivity contribution >= 4 is 23.2 Å². The van der Waals surface area contributed by atoms with Crippen molar-refractivity contribution in [1.82, 2.24) is 4.90 Å². The summed E-state index contributed by atoms with van der Waals surface area (Å²) in [5.41, 5.74) is 2.49. The molecule has 6 heteroatoms. The van der Waals surface area contributed by atoms with Crippen molar-refractivity contribution in [2.24, 2.45) is 0 Å². The van der Waals surface area contributed by atoms with Crippen LogP contribution in [0.4, 0.5) is 0 Å². The summed E-state index contributed by atoms with van der Waals surface area (Å²) in [5, 5.41) is 10.7. The number of carboxylic acid groups (broad SMARTS) is 1. The van der Waals surface area contributed by atoms with Gasteiger partial charge in [0.2, 0.25) is 0 Å². The van der Waals surface area contributed by atoms with Crippen LogP contribution in [0.3, 0.4) is 0 Å². The molecule has 0 radical (unpaired) electrons. The monoisotopic (exact) mass is 343 g/mol. The van der Waals surface area contributed by atoms with Crippen LogP contribution < -0.4 is 0 Å². The Morgan fingerprint density at radius 3 is 2.92 bits per heavy atom. The summed E-state index contributed by atoms with van der Waals surface area (Å²) in [6, 6.07) is 9.70. The van der Waals surface area contributed by atoms with Gasteiger partial charge in [-0.05, 0) is 30.0 Å². The quantitative estimate of drug-likeness (QED) is 0.910. The molecule has 1 aliphatic heterocycles. The van der Waals surface area contributed by atoms with E-state index in [2.05, 4.69) is 12.1 Å². The van der Waals surface area contributed by atoms with Crippen LogP contribution in [0.2, 0.25) is 0 Å². The molecule has 1 N–H and O–H groups in total. The van der Waals surface area contributed by atoms with E-state index in [9.17, 15) is 9.59 Å². The molecule has 1 amide bonds. The van der Waals surface area contributed by atoms with Crippen molar-refractivity contribution in [1.29, 1.82) is 0 Å². The lowest BCUT2D eigenvalue weighted by atomic mass is 9.93. The molecule has 5 nitrogen and oxygen atoms in total. The highest BCUT2D eigenvalue weighted by Gasteiger charge is 2.44. The Morgan fingerprint density at radius 2 is 2.12 bits per heavy atom. The van der Waals surface area contributed by atoms with Crippen LogP contribution in [-0.4, -0.2) is 41.6 Å². The molecule has 1 fully saturated rings. The highest BCUT2D eigenvalue weighted by Crippen LogP contribution is 2.42. The Morgan fingerprint density at radius 1 is 1.29 bits per heavy atom. The molecule has 1 aliphatic carbocycles. The molecule has 4 rings (SSSR count). The van der Waals surface area contributed by atoms with Crippen molar-refractivity contribution < 1.29 is 19.4 Å². The van der Waals surface area contributed by atoms with E-state index in [1.165, 1.54) is 17.2 Å². The molecule has 24 heavy (non-hydrogen) atoms. The summed E-state index contributed by atoms with van der Waals surface area (Å²) in [7, 11) is 0. The molecule has 124 valence electrons. The Bertz CT molecular complexity index is 811. The Labute approximate surface area is 143 Å². The molecule has 2 aromatic rings. The van der Waals surface area contributed by atoms with Gasteiger partial charge in [-0.1, -0.05) is 24.3 Å². The maximum absolute atomic E-state index is 12.8. The summed E-state index contributed by atoms with van der Waals surface area (Å²) in [6.45, 7) is 1.54.